The van der Waals surface area contributed by atoms with Gasteiger partial charge in [0.05, 0.1) is 17.8 Å². The fourth-order valence-corrected chi connectivity index (χ4v) is 1.82. The smallest absolute Gasteiger partial charge is 0.261 e. The van der Waals surface area contributed by atoms with Gasteiger partial charge in [0, 0.05) is 11.8 Å². The topological polar surface area (TPSA) is 93.0 Å². The second-order valence-corrected chi connectivity index (χ2v) is 4.36. The molecule has 1 heterocycles. The van der Waals surface area contributed by atoms with Crippen LogP contribution < -0.4 is 15.8 Å². The van der Waals surface area contributed by atoms with Crippen LogP contribution in [0.1, 0.15) is 10.4 Å². The molecule has 7 heteroatoms. The number of benzene rings is 1. The number of rotatable bonds is 3. The zero-order valence-electron chi connectivity index (χ0n) is 9.53. The number of nitrogens with zero attached hydrogens (tertiary/aromatic N) is 1. The van der Waals surface area contributed by atoms with E-state index in [4.69, 9.17) is 10.5 Å². The number of carbonyl (C=O) groups is 1. The van der Waals surface area contributed by atoms with E-state index < -0.39 is 0 Å². The van der Waals surface area contributed by atoms with Crippen molar-refractivity contribution in [3.8, 4) is 5.75 Å². The maximum atomic E-state index is 11.9. The standard InChI is InChI=1S/C11H11BrN4O2/c1-18-9-4-6(2-3-8(9)12)15-11(17)7-5-14-16-10(7)13/h2-5H,1H3,(H,15,17)(H3,13,14,16). The Morgan fingerprint density at radius 2 is 2.33 bits per heavy atom. The number of carbonyl (C=O) groups excluding carboxylic acids is 1. The van der Waals surface area contributed by atoms with Gasteiger partial charge >= 0.3 is 0 Å². The Morgan fingerprint density at radius 3 is 2.94 bits per heavy atom. The van der Waals surface area contributed by atoms with Crippen molar-refractivity contribution in [2.75, 3.05) is 18.2 Å². The molecule has 0 fully saturated rings. The lowest BCUT2D eigenvalue weighted by atomic mass is 10.2. The first-order valence-electron chi connectivity index (χ1n) is 5.05. The van der Waals surface area contributed by atoms with Gasteiger partial charge in [-0.05, 0) is 28.1 Å². The van der Waals surface area contributed by atoms with Crippen LogP contribution in [0.2, 0.25) is 0 Å². The first-order valence-corrected chi connectivity index (χ1v) is 5.85. The van der Waals surface area contributed by atoms with Crippen molar-refractivity contribution in [3.05, 3.63) is 34.4 Å². The molecule has 1 amide bonds. The summed E-state index contributed by atoms with van der Waals surface area (Å²) in [4.78, 5) is 11.9. The summed E-state index contributed by atoms with van der Waals surface area (Å²) < 4.78 is 5.95. The third kappa shape index (κ3) is 2.45. The van der Waals surface area contributed by atoms with Crippen molar-refractivity contribution < 1.29 is 9.53 Å². The number of nitrogens with two attached hydrogens (primary N) is 1. The van der Waals surface area contributed by atoms with Crippen LogP contribution in [0.3, 0.4) is 0 Å². The molecular weight excluding hydrogens is 300 g/mol. The highest BCUT2D eigenvalue weighted by Gasteiger charge is 2.12. The van der Waals surface area contributed by atoms with E-state index in [9.17, 15) is 4.79 Å². The molecule has 0 aliphatic carbocycles. The number of nitrogens with one attached hydrogen (secondary N) is 2. The molecule has 0 bridgehead atoms. The predicted molar refractivity (Wildman–Crippen MR) is 71.6 cm³/mol. The zero-order valence-corrected chi connectivity index (χ0v) is 11.1. The molecule has 0 atom stereocenters. The largest absolute Gasteiger partial charge is 0.495 e. The van der Waals surface area contributed by atoms with Gasteiger partial charge in [-0.15, -0.1) is 0 Å². The highest BCUT2D eigenvalue weighted by Crippen LogP contribution is 2.28. The predicted octanol–water partition coefficient (Wildman–Crippen LogP) is 2.02. The fraction of sp³-hybridized carbons (Fsp3) is 0.0909. The van der Waals surface area contributed by atoms with Crippen LogP contribution in [0.15, 0.2) is 28.9 Å². The second-order valence-electron chi connectivity index (χ2n) is 3.50. The van der Waals surface area contributed by atoms with Gasteiger partial charge in [-0.25, -0.2) is 0 Å². The molecule has 0 saturated heterocycles. The monoisotopic (exact) mass is 310 g/mol. The Kier molecular flexibility index (Phi) is 3.52. The van der Waals surface area contributed by atoms with Crippen molar-refractivity contribution in [3.63, 3.8) is 0 Å². The van der Waals surface area contributed by atoms with Gasteiger partial charge in [-0.3, -0.25) is 9.89 Å². The van der Waals surface area contributed by atoms with Crippen LogP contribution in [-0.2, 0) is 0 Å². The van der Waals surface area contributed by atoms with Crippen LogP contribution in [0.25, 0.3) is 0 Å². The van der Waals surface area contributed by atoms with Crippen molar-refractivity contribution in [1.82, 2.24) is 10.2 Å². The summed E-state index contributed by atoms with van der Waals surface area (Å²) in [6.07, 6.45) is 1.38. The van der Waals surface area contributed by atoms with E-state index in [0.29, 0.717) is 17.0 Å². The molecule has 4 N–H and O–H groups in total. The number of hydrogen-bond donors (Lipinski definition) is 3. The molecule has 0 radical (unpaired) electrons. The Balaban J connectivity index is 2.20. The lowest BCUT2D eigenvalue weighted by Gasteiger charge is -2.08. The Hall–Kier alpha value is -2.02. The summed E-state index contributed by atoms with van der Waals surface area (Å²) in [7, 11) is 1.56. The molecule has 0 saturated carbocycles. The van der Waals surface area contributed by atoms with Crippen LogP contribution in [0.5, 0.6) is 5.75 Å². The van der Waals surface area contributed by atoms with E-state index in [1.165, 1.54) is 6.20 Å². The molecule has 18 heavy (non-hydrogen) atoms. The van der Waals surface area contributed by atoms with Crippen LogP contribution >= 0.6 is 15.9 Å². The van der Waals surface area contributed by atoms with Gasteiger partial charge in [-0.2, -0.15) is 5.10 Å². The molecule has 0 aliphatic heterocycles. The second kappa shape index (κ2) is 5.09. The van der Waals surface area contributed by atoms with E-state index in [0.717, 1.165) is 4.47 Å². The average molecular weight is 311 g/mol. The number of methoxy groups -OCH3 is 1. The van der Waals surface area contributed by atoms with Gasteiger partial charge in [0.1, 0.15) is 17.1 Å². The molecule has 0 unspecified atom stereocenters. The maximum Gasteiger partial charge on any atom is 0.261 e. The highest BCUT2D eigenvalue weighted by atomic mass is 79.9. The van der Waals surface area contributed by atoms with Gasteiger partial charge < -0.3 is 15.8 Å². The third-order valence-electron chi connectivity index (χ3n) is 2.32. The number of nitrogen functional groups attached to an aromatic ring is 1. The zero-order chi connectivity index (χ0) is 13.1. The SMILES string of the molecule is COc1cc(NC(=O)c2cn[nH]c2N)ccc1Br. The number of anilines is 2. The van der Waals surface area contributed by atoms with Crippen LogP contribution in [0.4, 0.5) is 11.5 Å². The molecule has 6 nitrogen and oxygen atoms in total. The number of hydrogen-bond acceptors (Lipinski definition) is 4. The lowest BCUT2D eigenvalue weighted by molar-refractivity contribution is 0.102. The fourth-order valence-electron chi connectivity index (χ4n) is 1.41. The summed E-state index contributed by atoms with van der Waals surface area (Å²) in [5, 5.41) is 8.90. The molecule has 94 valence electrons. The van der Waals surface area contributed by atoms with E-state index >= 15 is 0 Å². The van der Waals surface area contributed by atoms with Gasteiger partial charge in [0.25, 0.3) is 5.91 Å². The summed E-state index contributed by atoms with van der Waals surface area (Å²) in [6.45, 7) is 0. The highest BCUT2D eigenvalue weighted by molar-refractivity contribution is 9.10. The molecular formula is C11H11BrN4O2. The molecule has 1 aromatic carbocycles. The van der Waals surface area contributed by atoms with Crippen LogP contribution in [-0.4, -0.2) is 23.2 Å². The number of H-pyrrole nitrogens is 1. The minimum atomic E-state index is -0.328. The molecule has 2 aromatic rings. The van der Waals surface area contributed by atoms with Crippen molar-refractivity contribution in [2.45, 2.75) is 0 Å². The number of halogens is 1. The van der Waals surface area contributed by atoms with E-state index in [1.54, 1.807) is 25.3 Å². The Morgan fingerprint density at radius 1 is 1.56 bits per heavy atom. The molecule has 2 rings (SSSR count). The number of aromatic nitrogens is 2. The van der Waals surface area contributed by atoms with Crippen molar-refractivity contribution >= 4 is 33.3 Å². The van der Waals surface area contributed by atoms with Crippen LogP contribution in [0, 0.1) is 0 Å². The van der Waals surface area contributed by atoms with E-state index in [1.807, 2.05) is 0 Å². The average Bonchev–Trinajstić information content (AvgIpc) is 2.78. The van der Waals surface area contributed by atoms with E-state index in [-0.39, 0.29) is 11.7 Å². The summed E-state index contributed by atoms with van der Waals surface area (Å²) >= 11 is 3.33. The lowest BCUT2D eigenvalue weighted by Crippen LogP contribution is -2.13. The molecule has 1 aromatic heterocycles. The minimum Gasteiger partial charge on any atom is -0.495 e. The molecule has 0 aliphatic rings. The van der Waals surface area contributed by atoms with Crippen molar-refractivity contribution in [1.29, 1.82) is 0 Å². The number of aromatic amines is 1. The number of amides is 1. The third-order valence-corrected chi connectivity index (χ3v) is 2.98. The molecule has 0 spiro atoms. The number of ether oxygens (including phenoxy) is 1. The van der Waals surface area contributed by atoms with Gasteiger partial charge in [0.2, 0.25) is 0 Å². The quantitative estimate of drug-likeness (QED) is 0.808. The summed E-state index contributed by atoms with van der Waals surface area (Å²) in [5.74, 6) is 0.537. The van der Waals surface area contributed by atoms with E-state index in [2.05, 4.69) is 31.4 Å². The minimum absolute atomic E-state index is 0.233. The maximum absolute atomic E-state index is 11.9. The van der Waals surface area contributed by atoms with Gasteiger partial charge in [-0.1, -0.05) is 0 Å². The Labute approximate surface area is 112 Å². The first kappa shape index (κ1) is 12.4. The first-order chi connectivity index (χ1) is 8.61. The van der Waals surface area contributed by atoms with Crippen molar-refractivity contribution in [2.24, 2.45) is 0 Å². The normalized spacial score (nSPS) is 10.1. The summed E-state index contributed by atoms with van der Waals surface area (Å²) in [6, 6.07) is 5.24. The Bertz CT molecular complexity index is 582. The summed E-state index contributed by atoms with van der Waals surface area (Å²) in [5.41, 5.74) is 6.48. The van der Waals surface area contributed by atoms with Gasteiger partial charge in [0.15, 0.2) is 0 Å².